The van der Waals surface area contributed by atoms with E-state index in [1.165, 1.54) is 12.8 Å². The van der Waals surface area contributed by atoms with E-state index in [1.54, 1.807) is 0 Å². The van der Waals surface area contributed by atoms with Crippen molar-refractivity contribution in [2.45, 2.75) is 31.2 Å². The van der Waals surface area contributed by atoms with Crippen molar-refractivity contribution >= 4 is 6.09 Å². The van der Waals surface area contributed by atoms with Crippen molar-refractivity contribution in [2.75, 3.05) is 0 Å². The summed E-state index contributed by atoms with van der Waals surface area (Å²) in [6.07, 6.45) is 4.31. The molecule has 2 aromatic rings. The summed E-state index contributed by atoms with van der Waals surface area (Å²) >= 11 is 0. The molecular weight excluding hydrogens is 274 g/mol. The lowest BCUT2D eigenvalue weighted by molar-refractivity contribution is 0.174. The molecule has 22 heavy (non-hydrogen) atoms. The molecule has 3 heteroatoms. The van der Waals surface area contributed by atoms with Crippen LogP contribution in [0.25, 0.3) is 0 Å². The topological polar surface area (TPSA) is 38.3 Å². The number of carbonyl (C=O) groups excluding carboxylic acids is 1. The van der Waals surface area contributed by atoms with Crippen molar-refractivity contribution in [1.29, 1.82) is 0 Å². The highest BCUT2D eigenvalue weighted by Gasteiger charge is 2.43. The molecule has 0 radical (unpaired) electrons. The van der Waals surface area contributed by atoms with Gasteiger partial charge in [-0.05, 0) is 30.4 Å². The van der Waals surface area contributed by atoms with Crippen LogP contribution in [0.4, 0.5) is 4.79 Å². The average molecular weight is 293 g/mol. The zero-order valence-electron chi connectivity index (χ0n) is 12.4. The number of para-hydroxylation sites is 1. The van der Waals surface area contributed by atoms with Gasteiger partial charge in [-0.3, -0.25) is 0 Å². The van der Waals surface area contributed by atoms with Gasteiger partial charge in [0, 0.05) is 5.56 Å². The molecule has 1 aliphatic carbocycles. The smallest absolute Gasteiger partial charge is 0.410 e. The molecule has 1 heterocycles. The van der Waals surface area contributed by atoms with E-state index in [9.17, 15) is 4.79 Å². The molecule has 1 amide bonds. The molecule has 0 bridgehead atoms. The molecule has 1 unspecified atom stereocenters. The number of rotatable bonds is 4. The third-order valence-electron chi connectivity index (χ3n) is 4.76. The number of hydrogen-bond donors (Lipinski definition) is 1. The van der Waals surface area contributed by atoms with Gasteiger partial charge in [-0.2, -0.15) is 0 Å². The predicted molar refractivity (Wildman–Crippen MR) is 84.8 cm³/mol. The van der Waals surface area contributed by atoms with Crippen LogP contribution in [0.3, 0.4) is 0 Å². The van der Waals surface area contributed by atoms with Crippen LogP contribution in [-0.2, 0) is 5.54 Å². The van der Waals surface area contributed by atoms with Gasteiger partial charge in [0.25, 0.3) is 0 Å². The fraction of sp³-hybridized carbons (Fsp3) is 0.316. The van der Waals surface area contributed by atoms with Crippen molar-refractivity contribution in [3.05, 3.63) is 65.7 Å². The Balaban J connectivity index is 1.84. The SMILES string of the molecule is O=C1NC(CCC2CC2)(c2ccccc2)c2ccccc2O1. The Labute approximate surface area is 130 Å². The van der Waals surface area contributed by atoms with E-state index in [0.29, 0.717) is 5.75 Å². The van der Waals surface area contributed by atoms with E-state index >= 15 is 0 Å². The number of benzene rings is 2. The molecule has 1 atom stereocenters. The molecule has 112 valence electrons. The molecule has 1 aliphatic heterocycles. The number of nitrogens with one attached hydrogen (secondary N) is 1. The molecule has 2 aliphatic rings. The van der Waals surface area contributed by atoms with E-state index in [1.807, 2.05) is 36.4 Å². The molecule has 1 saturated carbocycles. The van der Waals surface area contributed by atoms with Gasteiger partial charge in [0.1, 0.15) is 5.75 Å². The summed E-state index contributed by atoms with van der Waals surface area (Å²) in [5, 5.41) is 3.12. The Hall–Kier alpha value is -2.29. The third-order valence-corrected chi connectivity index (χ3v) is 4.76. The van der Waals surface area contributed by atoms with Crippen LogP contribution in [0.5, 0.6) is 5.75 Å². The van der Waals surface area contributed by atoms with E-state index in [-0.39, 0.29) is 6.09 Å². The quantitative estimate of drug-likeness (QED) is 0.916. The number of hydrogen-bond acceptors (Lipinski definition) is 2. The second kappa shape index (κ2) is 5.16. The van der Waals surface area contributed by atoms with Gasteiger partial charge in [-0.1, -0.05) is 61.4 Å². The standard InChI is InChI=1S/C19H19NO2/c21-18-20-19(13-12-14-10-11-14,15-6-2-1-3-7-15)16-8-4-5-9-17(16)22-18/h1-9,14H,10-13H2,(H,20,21). The minimum Gasteiger partial charge on any atom is -0.410 e. The Bertz CT molecular complexity index is 694. The van der Waals surface area contributed by atoms with Crippen molar-refractivity contribution in [3.8, 4) is 5.75 Å². The van der Waals surface area contributed by atoms with Gasteiger partial charge < -0.3 is 10.1 Å². The number of ether oxygens (including phenoxy) is 1. The fourth-order valence-corrected chi connectivity index (χ4v) is 3.39. The largest absolute Gasteiger partial charge is 0.413 e. The second-order valence-electron chi connectivity index (χ2n) is 6.26. The summed E-state index contributed by atoms with van der Waals surface area (Å²) in [5.41, 5.74) is 1.71. The lowest BCUT2D eigenvalue weighted by Gasteiger charge is -2.39. The van der Waals surface area contributed by atoms with Gasteiger partial charge >= 0.3 is 6.09 Å². The second-order valence-corrected chi connectivity index (χ2v) is 6.26. The van der Waals surface area contributed by atoms with Gasteiger partial charge in [0.15, 0.2) is 0 Å². The van der Waals surface area contributed by atoms with Gasteiger partial charge in [-0.15, -0.1) is 0 Å². The maximum Gasteiger partial charge on any atom is 0.413 e. The molecule has 0 saturated heterocycles. The summed E-state index contributed by atoms with van der Waals surface area (Å²) in [5.74, 6) is 1.48. The lowest BCUT2D eigenvalue weighted by atomic mass is 9.77. The molecule has 3 nitrogen and oxygen atoms in total. The zero-order valence-corrected chi connectivity index (χ0v) is 12.4. The summed E-state index contributed by atoms with van der Waals surface area (Å²) < 4.78 is 5.38. The first-order valence-corrected chi connectivity index (χ1v) is 7.93. The van der Waals surface area contributed by atoms with Crippen LogP contribution >= 0.6 is 0 Å². The van der Waals surface area contributed by atoms with Crippen molar-refractivity contribution in [3.63, 3.8) is 0 Å². The monoisotopic (exact) mass is 293 g/mol. The molecule has 0 aromatic heterocycles. The highest BCUT2D eigenvalue weighted by molar-refractivity contribution is 5.76. The van der Waals surface area contributed by atoms with E-state index in [0.717, 1.165) is 29.9 Å². The minimum absolute atomic E-state index is 0.363. The molecule has 2 aromatic carbocycles. The van der Waals surface area contributed by atoms with Crippen LogP contribution < -0.4 is 10.1 Å². The zero-order chi connectivity index (χ0) is 15.0. The fourth-order valence-electron chi connectivity index (χ4n) is 3.39. The van der Waals surface area contributed by atoms with Crippen LogP contribution in [0.2, 0.25) is 0 Å². The maximum absolute atomic E-state index is 12.1. The van der Waals surface area contributed by atoms with E-state index in [2.05, 4.69) is 23.5 Å². The Kier molecular flexibility index (Phi) is 3.14. The number of carbonyl (C=O) groups is 1. The Morgan fingerprint density at radius 3 is 2.55 bits per heavy atom. The first kappa shape index (κ1) is 13.4. The van der Waals surface area contributed by atoms with Crippen molar-refractivity contribution < 1.29 is 9.53 Å². The first-order valence-electron chi connectivity index (χ1n) is 7.93. The van der Waals surface area contributed by atoms with Crippen LogP contribution in [0.15, 0.2) is 54.6 Å². The van der Waals surface area contributed by atoms with Crippen LogP contribution in [0.1, 0.15) is 36.8 Å². The summed E-state index contributed by atoms with van der Waals surface area (Å²) in [6, 6.07) is 18.1. The van der Waals surface area contributed by atoms with Gasteiger partial charge in [-0.25, -0.2) is 4.79 Å². The molecule has 0 spiro atoms. The molecular formula is C19H19NO2. The van der Waals surface area contributed by atoms with E-state index < -0.39 is 5.54 Å². The van der Waals surface area contributed by atoms with Crippen molar-refractivity contribution in [2.24, 2.45) is 5.92 Å². The highest BCUT2D eigenvalue weighted by Crippen LogP contribution is 2.45. The summed E-state index contributed by atoms with van der Waals surface area (Å²) in [6.45, 7) is 0. The minimum atomic E-state index is -0.476. The predicted octanol–water partition coefficient (Wildman–Crippen LogP) is 4.22. The summed E-state index contributed by atoms with van der Waals surface area (Å²) in [7, 11) is 0. The molecule has 4 rings (SSSR count). The Morgan fingerprint density at radius 2 is 1.77 bits per heavy atom. The number of amides is 1. The van der Waals surface area contributed by atoms with Gasteiger partial charge in [0.2, 0.25) is 0 Å². The molecule has 1 N–H and O–H groups in total. The lowest BCUT2D eigenvalue weighted by Crippen LogP contribution is -2.51. The van der Waals surface area contributed by atoms with Crippen LogP contribution in [-0.4, -0.2) is 6.09 Å². The third kappa shape index (κ3) is 2.27. The summed E-state index contributed by atoms with van der Waals surface area (Å²) in [4.78, 5) is 12.1. The van der Waals surface area contributed by atoms with E-state index in [4.69, 9.17) is 4.74 Å². The number of fused-ring (bicyclic) bond motifs is 1. The Morgan fingerprint density at radius 1 is 1.05 bits per heavy atom. The highest BCUT2D eigenvalue weighted by atomic mass is 16.6. The van der Waals surface area contributed by atoms with Crippen molar-refractivity contribution in [1.82, 2.24) is 5.32 Å². The van der Waals surface area contributed by atoms with Crippen LogP contribution in [0, 0.1) is 5.92 Å². The molecule has 1 fully saturated rings. The first-order chi connectivity index (χ1) is 10.8. The normalized spacial score (nSPS) is 23.4. The maximum atomic E-state index is 12.1. The van der Waals surface area contributed by atoms with Gasteiger partial charge in [0.05, 0.1) is 5.54 Å². The average Bonchev–Trinajstić information content (AvgIpc) is 3.37.